The maximum atomic E-state index is 12.6. The van der Waals surface area contributed by atoms with E-state index < -0.39 is 0 Å². The number of urea groups is 2. The molecule has 0 saturated carbocycles. The zero-order valence-electron chi connectivity index (χ0n) is 36.1. The van der Waals surface area contributed by atoms with Crippen molar-refractivity contribution in [2.45, 2.75) is 31.5 Å². The average molecular weight is 1130 g/mol. The minimum Gasteiger partial charge on any atom is -0.383 e. The van der Waals surface area contributed by atoms with Gasteiger partial charge < -0.3 is 36.1 Å². The highest BCUT2D eigenvalue weighted by Gasteiger charge is 2.26. The van der Waals surface area contributed by atoms with Crippen LogP contribution < -0.4 is 27.0 Å². The summed E-state index contributed by atoms with van der Waals surface area (Å²) in [6, 6.07) is 17.9. The fourth-order valence-electron chi connectivity index (χ4n) is 6.48. The number of hydrogen-bond donors (Lipinski definition) is 4. The van der Waals surface area contributed by atoms with Crippen LogP contribution in [0.15, 0.2) is 98.9 Å². The minimum atomic E-state index is -0.109. The number of carbonyl (C=O) groups is 3. The van der Waals surface area contributed by atoms with E-state index in [1.165, 1.54) is 10.3 Å². The molecular formula is C44H49Br4N13O3. The van der Waals surface area contributed by atoms with Crippen molar-refractivity contribution in [3.8, 4) is 0 Å². The Morgan fingerprint density at radius 2 is 1.45 bits per heavy atom. The SMILES string of the molecule is CN(Cc1cc2ccccc2n1C)C(=O)/C=C/c1cnc2c(c1)CN(C)C(=O)N2C.CN1Cc2cc(Br)cnc2NC1=O.CNCc1cc(Br)cnc1N.Nc1ncc(Br)cc1CBr. The Morgan fingerprint density at radius 3 is 2.11 bits per heavy atom. The molecule has 1 aromatic carbocycles. The second-order valence-electron chi connectivity index (χ2n) is 14.7. The molecule has 0 aliphatic carbocycles. The summed E-state index contributed by atoms with van der Waals surface area (Å²) in [4.78, 5) is 58.8. The molecule has 0 unspecified atom stereocenters. The maximum Gasteiger partial charge on any atom is 0.325 e. The Bertz CT molecular complexity index is 2660. The van der Waals surface area contributed by atoms with Gasteiger partial charge in [0, 0.05) is 125 Å². The van der Waals surface area contributed by atoms with Crippen LogP contribution in [0.5, 0.6) is 0 Å². The summed E-state index contributed by atoms with van der Waals surface area (Å²) < 4.78 is 4.95. The van der Waals surface area contributed by atoms with Gasteiger partial charge >= 0.3 is 12.1 Å². The fourth-order valence-corrected chi connectivity index (χ4v) is 8.06. The molecule has 20 heteroatoms. The van der Waals surface area contributed by atoms with Crippen LogP contribution in [0.2, 0.25) is 0 Å². The number of nitrogens with two attached hydrogens (primary N) is 2. The lowest BCUT2D eigenvalue weighted by molar-refractivity contribution is -0.125. The van der Waals surface area contributed by atoms with Crippen molar-refractivity contribution in [1.82, 2.24) is 44.5 Å². The van der Waals surface area contributed by atoms with Gasteiger partial charge in [0.1, 0.15) is 23.3 Å². The zero-order valence-corrected chi connectivity index (χ0v) is 42.5. The number of aromatic nitrogens is 5. The van der Waals surface area contributed by atoms with Crippen LogP contribution in [0.25, 0.3) is 17.0 Å². The third-order valence-electron chi connectivity index (χ3n) is 9.91. The number of amides is 5. The van der Waals surface area contributed by atoms with Crippen LogP contribution in [0, 0.1) is 0 Å². The maximum absolute atomic E-state index is 12.6. The van der Waals surface area contributed by atoms with Gasteiger partial charge in [-0.05, 0) is 108 Å². The Balaban J connectivity index is 0.000000186. The van der Waals surface area contributed by atoms with Crippen LogP contribution in [0.3, 0.4) is 0 Å². The lowest BCUT2D eigenvalue weighted by Gasteiger charge is -2.31. The Hall–Kier alpha value is -5.41. The highest BCUT2D eigenvalue weighted by atomic mass is 79.9. The van der Waals surface area contributed by atoms with Gasteiger partial charge in [0.2, 0.25) is 5.91 Å². The molecule has 0 saturated heterocycles. The molecule has 0 spiro atoms. The molecule has 2 aliphatic rings. The number of likely N-dealkylation sites (N-methyl/N-ethyl adjacent to an activating group) is 1. The van der Waals surface area contributed by atoms with Crippen molar-refractivity contribution in [3.05, 3.63) is 132 Å². The molecule has 7 heterocycles. The van der Waals surface area contributed by atoms with Crippen molar-refractivity contribution in [1.29, 1.82) is 0 Å². The number of alkyl halides is 1. The van der Waals surface area contributed by atoms with E-state index in [9.17, 15) is 14.4 Å². The molecule has 2 aliphatic heterocycles. The topological polar surface area (TPSA) is 197 Å². The summed E-state index contributed by atoms with van der Waals surface area (Å²) in [5.74, 6) is 2.41. The van der Waals surface area contributed by atoms with Gasteiger partial charge in [-0.3, -0.25) is 15.0 Å². The molecule has 5 amide bonds. The van der Waals surface area contributed by atoms with Gasteiger partial charge in [-0.25, -0.2) is 29.5 Å². The number of nitrogens with one attached hydrogen (secondary N) is 2. The van der Waals surface area contributed by atoms with Gasteiger partial charge in [0.25, 0.3) is 0 Å². The number of halogens is 4. The largest absolute Gasteiger partial charge is 0.383 e. The predicted octanol–water partition coefficient (Wildman–Crippen LogP) is 8.54. The minimum absolute atomic E-state index is 0.0802. The van der Waals surface area contributed by atoms with E-state index in [-0.39, 0.29) is 18.0 Å². The molecule has 64 heavy (non-hydrogen) atoms. The van der Waals surface area contributed by atoms with Crippen LogP contribution in [-0.4, -0.2) is 92.4 Å². The van der Waals surface area contributed by atoms with Crippen molar-refractivity contribution in [2.75, 3.05) is 56.9 Å². The lowest BCUT2D eigenvalue weighted by atomic mass is 10.1. The number of aryl methyl sites for hydroxylation is 1. The van der Waals surface area contributed by atoms with E-state index in [2.05, 4.69) is 117 Å². The van der Waals surface area contributed by atoms with Crippen LogP contribution in [0.1, 0.15) is 33.5 Å². The van der Waals surface area contributed by atoms with Crippen LogP contribution in [0.4, 0.5) is 32.9 Å². The molecule has 8 rings (SSSR count). The number of fused-ring (bicyclic) bond motifs is 3. The summed E-state index contributed by atoms with van der Waals surface area (Å²) in [6.45, 7) is 2.38. The number of carbonyl (C=O) groups excluding carboxylic acids is 3. The van der Waals surface area contributed by atoms with E-state index in [1.807, 2.05) is 50.5 Å². The van der Waals surface area contributed by atoms with E-state index in [1.54, 1.807) is 79.8 Å². The molecule has 16 nitrogen and oxygen atoms in total. The standard InChI is InChI=1S/C23H25N5O2.C8H8BrN3O.C7H10BrN3.C6H6Br2N2/c1-25(15-19-12-17-7-5-6-8-20(17)27(19)3)21(29)10-9-16-11-18-14-26(2)23(30)28(4)22(18)24-13-16;1-12-4-5-2-6(9)3-10-7(5)11-8(12)13;1-10-3-5-2-6(8)4-11-7(5)9;7-2-4-1-5(8)3-10-6(4)9/h5-13H,14-15H2,1-4H3;2-3H,4H2,1H3,(H,10,11,13);2,4,10H,3H2,1H3,(H2,9,11);1,3H,2H2,(H2,9,10)/b10-9+;;;. The third kappa shape index (κ3) is 13.1. The average Bonchev–Trinajstić information content (AvgIpc) is 3.59. The summed E-state index contributed by atoms with van der Waals surface area (Å²) in [6.07, 6.45) is 10.1. The molecule has 0 radical (unpaired) electrons. The molecule has 6 aromatic rings. The number of pyridine rings is 4. The van der Waals surface area contributed by atoms with Crippen LogP contribution in [-0.2, 0) is 43.4 Å². The van der Waals surface area contributed by atoms with Crippen molar-refractivity contribution in [3.63, 3.8) is 0 Å². The normalized spacial score (nSPS) is 12.9. The summed E-state index contributed by atoms with van der Waals surface area (Å²) in [5, 5.41) is 7.61. The monoisotopic (exact) mass is 1120 g/mol. The Morgan fingerprint density at radius 1 is 0.828 bits per heavy atom. The van der Waals surface area contributed by atoms with Crippen molar-refractivity contribution < 1.29 is 14.4 Å². The summed E-state index contributed by atoms with van der Waals surface area (Å²) >= 11 is 13.3. The summed E-state index contributed by atoms with van der Waals surface area (Å²) in [7, 11) is 10.9. The Labute approximate surface area is 406 Å². The number of anilines is 4. The van der Waals surface area contributed by atoms with Gasteiger partial charge in [-0.2, -0.15) is 0 Å². The molecular weight excluding hydrogens is 1080 g/mol. The number of rotatable bonds is 7. The molecule has 5 aromatic heterocycles. The molecule has 336 valence electrons. The lowest BCUT2D eigenvalue weighted by Crippen LogP contribution is -2.43. The van der Waals surface area contributed by atoms with Gasteiger partial charge in [0.05, 0.1) is 19.6 Å². The van der Waals surface area contributed by atoms with E-state index in [0.717, 1.165) is 64.3 Å². The third-order valence-corrected chi connectivity index (χ3v) is 11.8. The Kier molecular flexibility index (Phi) is 17.8. The number of para-hydroxylation sites is 1. The van der Waals surface area contributed by atoms with Gasteiger partial charge in [-0.1, -0.05) is 34.1 Å². The second-order valence-corrected chi connectivity index (χ2v) is 18.0. The number of benzene rings is 1. The first-order valence-corrected chi connectivity index (χ1v) is 23.1. The molecule has 0 fully saturated rings. The quantitative estimate of drug-likeness (QED) is 0.0889. The first-order chi connectivity index (χ1) is 30.5. The molecule has 6 N–H and O–H groups in total. The van der Waals surface area contributed by atoms with Crippen LogP contribution >= 0.6 is 63.7 Å². The first-order valence-electron chi connectivity index (χ1n) is 19.6. The highest BCUT2D eigenvalue weighted by Crippen LogP contribution is 2.26. The van der Waals surface area contributed by atoms with Crippen molar-refractivity contribution >= 4 is 122 Å². The van der Waals surface area contributed by atoms with Crippen molar-refractivity contribution in [2.24, 2.45) is 7.05 Å². The molecule has 0 atom stereocenters. The zero-order chi connectivity index (χ0) is 46.7. The molecule has 0 bridgehead atoms. The predicted molar refractivity (Wildman–Crippen MR) is 268 cm³/mol. The fraction of sp³-hybridized carbons (Fsp3) is 0.250. The van der Waals surface area contributed by atoms with E-state index in [4.69, 9.17) is 11.5 Å². The smallest absolute Gasteiger partial charge is 0.325 e. The number of hydrogen-bond acceptors (Lipinski definition) is 10. The highest BCUT2D eigenvalue weighted by molar-refractivity contribution is 9.11. The first kappa shape index (κ1) is 49.6. The second kappa shape index (κ2) is 23.0. The number of nitrogens with zero attached hydrogens (tertiary/aromatic N) is 9. The van der Waals surface area contributed by atoms with Gasteiger partial charge in [-0.15, -0.1) is 0 Å². The van der Waals surface area contributed by atoms with E-state index in [0.29, 0.717) is 42.9 Å². The van der Waals surface area contributed by atoms with Gasteiger partial charge in [0.15, 0.2) is 0 Å². The number of nitrogen functional groups attached to an aromatic ring is 2. The summed E-state index contributed by atoms with van der Waals surface area (Å²) in [5.41, 5.74) is 18.2. The van der Waals surface area contributed by atoms with E-state index >= 15 is 0 Å².